The molecular formula is C10H8BNO3S. The molecule has 0 aromatic carbocycles. The summed E-state index contributed by atoms with van der Waals surface area (Å²) >= 11 is 1.17. The number of esters is 1. The van der Waals surface area contributed by atoms with Gasteiger partial charge >= 0.3 is 5.97 Å². The Bertz CT molecular complexity index is 629. The monoisotopic (exact) mass is 233 g/mol. The molecule has 0 aliphatic heterocycles. The Labute approximate surface area is 96.9 Å². The van der Waals surface area contributed by atoms with Gasteiger partial charge in [0.05, 0.1) is 12.5 Å². The number of nitrogens with zero attached hydrogens (tertiary/aromatic N) is 1. The summed E-state index contributed by atoms with van der Waals surface area (Å²) in [6, 6.07) is 1.52. The highest BCUT2D eigenvalue weighted by Gasteiger charge is 2.14. The summed E-state index contributed by atoms with van der Waals surface area (Å²) in [7, 11) is 8.70. The first kappa shape index (κ1) is 10.9. The molecule has 2 radical (unpaired) electrons. The Hall–Kier alpha value is -1.56. The topological polar surface area (TPSA) is 48.3 Å². The molecule has 80 valence electrons. The minimum atomic E-state index is -0.456. The van der Waals surface area contributed by atoms with Crippen LogP contribution < -0.4 is 11.0 Å². The zero-order valence-corrected chi connectivity index (χ0v) is 9.63. The van der Waals surface area contributed by atoms with E-state index in [1.54, 1.807) is 13.2 Å². The summed E-state index contributed by atoms with van der Waals surface area (Å²) in [4.78, 5) is 23.5. The van der Waals surface area contributed by atoms with Crippen LogP contribution in [0.5, 0.6) is 0 Å². The van der Waals surface area contributed by atoms with Crippen LogP contribution in [0.2, 0.25) is 0 Å². The Kier molecular flexibility index (Phi) is 2.59. The lowest BCUT2D eigenvalue weighted by molar-refractivity contribution is 0.0606. The summed E-state index contributed by atoms with van der Waals surface area (Å²) in [6.07, 6.45) is 1.54. The molecule has 2 heterocycles. The Balaban J connectivity index is 2.80. The predicted octanol–water partition coefficient (Wildman–Crippen LogP) is 0.180. The highest BCUT2D eigenvalue weighted by molar-refractivity contribution is 7.21. The normalized spacial score (nSPS) is 10.6. The van der Waals surface area contributed by atoms with Crippen LogP contribution in [0, 0.1) is 0 Å². The SMILES string of the molecule is [B]c1cn(C)c(=O)c2cc(C(=O)OC)sc12. The molecular weight excluding hydrogens is 225 g/mol. The maximum absolute atomic E-state index is 11.8. The number of aryl methyl sites for hydroxylation is 1. The van der Waals surface area contributed by atoms with E-state index in [9.17, 15) is 9.59 Å². The first-order chi connectivity index (χ1) is 7.54. The second-order valence-corrected chi connectivity index (χ2v) is 4.40. The van der Waals surface area contributed by atoms with Crippen molar-refractivity contribution in [2.24, 2.45) is 7.05 Å². The summed E-state index contributed by atoms with van der Waals surface area (Å²) in [5.41, 5.74) is 0.313. The number of aromatic nitrogens is 1. The van der Waals surface area contributed by atoms with E-state index in [1.165, 1.54) is 29.1 Å². The van der Waals surface area contributed by atoms with Crippen molar-refractivity contribution in [3.8, 4) is 0 Å². The molecule has 0 bridgehead atoms. The standard InChI is InChI=1S/C10H8BNO3S/c1-12-4-6(11)8-5(9(12)13)3-7(16-8)10(14)15-2/h3-4H,1-2H3. The maximum Gasteiger partial charge on any atom is 0.348 e. The fourth-order valence-electron chi connectivity index (χ4n) is 1.48. The Morgan fingerprint density at radius 1 is 1.56 bits per heavy atom. The van der Waals surface area contributed by atoms with Crippen molar-refractivity contribution in [1.82, 2.24) is 4.57 Å². The van der Waals surface area contributed by atoms with E-state index >= 15 is 0 Å². The Morgan fingerprint density at radius 3 is 2.88 bits per heavy atom. The molecule has 0 aliphatic rings. The third kappa shape index (κ3) is 1.55. The minimum absolute atomic E-state index is 0.171. The molecule has 0 fully saturated rings. The molecule has 2 aromatic rings. The molecule has 0 saturated carbocycles. The number of methoxy groups -OCH3 is 1. The van der Waals surface area contributed by atoms with Crippen molar-refractivity contribution in [1.29, 1.82) is 0 Å². The van der Waals surface area contributed by atoms with Crippen LogP contribution in [0.3, 0.4) is 0 Å². The number of hydrogen-bond donors (Lipinski definition) is 0. The number of fused-ring (bicyclic) bond motifs is 1. The minimum Gasteiger partial charge on any atom is -0.465 e. The van der Waals surface area contributed by atoms with Gasteiger partial charge in [-0.3, -0.25) is 4.79 Å². The number of rotatable bonds is 1. The van der Waals surface area contributed by atoms with Crippen LogP contribution >= 0.6 is 11.3 Å². The van der Waals surface area contributed by atoms with Crippen molar-refractivity contribution in [2.45, 2.75) is 0 Å². The number of carbonyl (C=O) groups is 1. The lowest BCUT2D eigenvalue weighted by Crippen LogP contribution is -2.21. The molecule has 0 saturated heterocycles. The average Bonchev–Trinajstić information content (AvgIpc) is 2.70. The molecule has 0 aliphatic carbocycles. The first-order valence-corrected chi connectivity index (χ1v) is 5.33. The summed E-state index contributed by atoms with van der Waals surface area (Å²) in [5.74, 6) is -0.456. The third-order valence-corrected chi connectivity index (χ3v) is 3.43. The lowest BCUT2D eigenvalue weighted by Gasteiger charge is -2.00. The molecule has 0 atom stereocenters. The van der Waals surface area contributed by atoms with Crippen molar-refractivity contribution in [3.05, 3.63) is 27.5 Å². The second-order valence-electron chi connectivity index (χ2n) is 3.35. The van der Waals surface area contributed by atoms with Crippen LogP contribution in [0.1, 0.15) is 9.67 Å². The van der Waals surface area contributed by atoms with E-state index < -0.39 is 5.97 Å². The van der Waals surface area contributed by atoms with Crippen molar-refractivity contribution >= 4 is 40.7 Å². The van der Waals surface area contributed by atoms with E-state index in [-0.39, 0.29) is 5.56 Å². The quantitative estimate of drug-likeness (QED) is 0.521. The van der Waals surface area contributed by atoms with E-state index in [1.807, 2.05) is 0 Å². The average molecular weight is 233 g/mol. The van der Waals surface area contributed by atoms with Gasteiger partial charge in [-0.1, -0.05) is 5.46 Å². The summed E-state index contributed by atoms with van der Waals surface area (Å²) < 4.78 is 6.62. The number of pyridine rings is 1. The number of ether oxygens (including phenoxy) is 1. The van der Waals surface area contributed by atoms with Crippen LogP contribution in [0.25, 0.3) is 10.1 Å². The summed E-state index contributed by atoms with van der Waals surface area (Å²) in [6.45, 7) is 0. The van der Waals surface area contributed by atoms with Crippen molar-refractivity contribution in [3.63, 3.8) is 0 Å². The van der Waals surface area contributed by atoms with Gasteiger partial charge in [-0.15, -0.1) is 11.3 Å². The molecule has 0 amide bonds. The molecule has 4 nitrogen and oxygen atoms in total. The molecule has 0 spiro atoms. The van der Waals surface area contributed by atoms with Crippen LogP contribution in [0.4, 0.5) is 0 Å². The van der Waals surface area contributed by atoms with E-state index in [2.05, 4.69) is 4.74 Å². The van der Waals surface area contributed by atoms with Crippen LogP contribution in [0.15, 0.2) is 17.1 Å². The van der Waals surface area contributed by atoms with Gasteiger partial charge in [-0.2, -0.15) is 0 Å². The highest BCUT2D eigenvalue weighted by atomic mass is 32.1. The van der Waals surface area contributed by atoms with E-state index in [0.29, 0.717) is 20.4 Å². The smallest absolute Gasteiger partial charge is 0.348 e. The van der Waals surface area contributed by atoms with Gasteiger partial charge in [-0.05, 0) is 6.07 Å². The number of carbonyl (C=O) groups excluding carboxylic acids is 1. The van der Waals surface area contributed by atoms with E-state index in [0.717, 1.165) is 0 Å². The van der Waals surface area contributed by atoms with Gasteiger partial charge in [0, 0.05) is 17.9 Å². The molecule has 0 unspecified atom stereocenters. The van der Waals surface area contributed by atoms with Gasteiger partial charge < -0.3 is 9.30 Å². The van der Waals surface area contributed by atoms with Gasteiger partial charge in [-0.25, -0.2) is 4.79 Å². The third-order valence-electron chi connectivity index (χ3n) is 2.26. The van der Waals surface area contributed by atoms with Crippen LogP contribution in [-0.2, 0) is 11.8 Å². The fourth-order valence-corrected chi connectivity index (χ4v) is 2.47. The zero-order chi connectivity index (χ0) is 11.9. The largest absolute Gasteiger partial charge is 0.465 e. The van der Waals surface area contributed by atoms with Gasteiger partial charge in [0.25, 0.3) is 5.56 Å². The molecule has 16 heavy (non-hydrogen) atoms. The predicted molar refractivity (Wildman–Crippen MR) is 63.8 cm³/mol. The van der Waals surface area contributed by atoms with Crippen molar-refractivity contribution in [2.75, 3.05) is 7.11 Å². The van der Waals surface area contributed by atoms with Gasteiger partial charge in [0.1, 0.15) is 12.7 Å². The van der Waals surface area contributed by atoms with Gasteiger partial charge in [0.2, 0.25) is 0 Å². The van der Waals surface area contributed by atoms with Crippen molar-refractivity contribution < 1.29 is 9.53 Å². The zero-order valence-electron chi connectivity index (χ0n) is 8.81. The molecule has 6 heteroatoms. The Morgan fingerprint density at radius 2 is 2.25 bits per heavy atom. The van der Waals surface area contributed by atoms with E-state index in [4.69, 9.17) is 7.85 Å². The van der Waals surface area contributed by atoms with Crippen LogP contribution in [-0.4, -0.2) is 25.5 Å². The lowest BCUT2D eigenvalue weighted by atomic mass is 9.97. The molecule has 2 rings (SSSR count). The maximum atomic E-state index is 11.8. The highest BCUT2D eigenvalue weighted by Crippen LogP contribution is 2.21. The number of thiophene rings is 1. The van der Waals surface area contributed by atoms with Gasteiger partial charge in [0.15, 0.2) is 0 Å². The fraction of sp³-hybridized carbons (Fsp3) is 0.200. The number of hydrogen-bond acceptors (Lipinski definition) is 4. The first-order valence-electron chi connectivity index (χ1n) is 4.51. The summed E-state index contributed by atoms with van der Waals surface area (Å²) in [5, 5.41) is 0.452. The second kappa shape index (κ2) is 3.79. The molecule has 2 aromatic heterocycles. The molecule has 0 N–H and O–H groups in total.